The third kappa shape index (κ3) is 1.87. The maximum absolute atomic E-state index is 2.58. The Hall–Kier alpha value is -0.780. The number of rotatable bonds is 1. The van der Waals surface area contributed by atoms with E-state index in [1.807, 2.05) is 0 Å². The molecule has 1 saturated carbocycles. The van der Waals surface area contributed by atoms with Gasteiger partial charge in [-0.1, -0.05) is 31.6 Å². The summed E-state index contributed by atoms with van der Waals surface area (Å²) in [5, 5.41) is 0. The van der Waals surface area contributed by atoms with Gasteiger partial charge >= 0.3 is 0 Å². The molecule has 0 amide bonds. The van der Waals surface area contributed by atoms with Crippen LogP contribution in [0.2, 0.25) is 0 Å². The van der Waals surface area contributed by atoms with E-state index >= 15 is 0 Å². The van der Waals surface area contributed by atoms with Gasteiger partial charge in [0, 0.05) is 0 Å². The molecule has 0 spiro atoms. The Bertz CT molecular complexity index is 462. The molecule has 0 saturated heterocycles. The number of hydrogen-bond donors (Lipinski definition) is 0. The minimum atomic E-state index is 0.911. The SMILES string of the molecule is CCC1C[C@@H]2[C@H](C=CC3=C4CCCC=C4CC[C@H]32)C1. The molecule has 0 heterocycles. The monoisotopic (exact) mass is 254 g/mol. The third-order valence-corrected chi connectivity index (χ3v) is 6.26. The van der Waals surface area contributed by atoms with E-state index in [0.717, 1.165) is 23.7 Å². The lowest BCUT2D eigenvalue weighted by Gasteiger charge is -2.39. The Kier molecular flexibility index (Phi) is 2.94. The van der Waals surface area contributed by atoms with Crippen molar-refractivity contribution in [2.75, 3.05) is 0 Å². The van der Waals surface area contributed by atoms with Crippen molar-refractivity contribution in [1.29, 1.82) is 0 Å². The molecule has 4 aliphatic rings. The van der Waals surface area contributed by atoms with Crippen molar-refractivity contribution in [1.82, 2.24) is 0 Å². The molecule has 1 fully saturated rings. The smallest absolute Gasteiger partial charge is 0.0122 e. The van der Waals surface area contributed by atoms with Gasteiger partial charge in [0.1, 0.15) is 0 Å². The summed E-state index contributed by atoms with van der Waals surface area (Å²) in [5.41, 5.74) is 5.23. The van der Waals surface area contributed by atoms with Crippen LogP contribution < -0.4 is 0 Å². The Morgan fingerprint density at radius 3 is 3.05 bits per heavy atom. The molecular formula is C19H26. The average Bonchev–Trinajstić information content (AvgIpc) is 2.90. The Morgan fingerprint density at radius 1 is 1.21 bits per heavy atom. The van der Waals surface area contributed by atoms with E-state index in [0.29, 0.717) is 0 Å². The fourth-order valence-corrected chi connectivity index (χ4v) is 5.24. The van der Waals surface area contributed by atoms with Gasteiger partial charge in [0.25, 0.3) is 0 Å². The van der Waals surface area contributed by atoms with Crippen molar-refractivity contribution < 1.29 is 0 Å². The van der Waals surface area contributed by atoms with Crippen LogP contribution in [0.1, 0.15) is 58.3 Å². The van der Waals surface area contributed by atoms with Gasteiger partial charge < -0.3 is 0 Å². The largest absolute Gasteiger partial charge is 0.0810 e. The van der Waals surface area contributed by atoms with E-state index in [4.69, 9.17) is 0 Å². The van der Waals surface area contributed by atoms with Crippen LogP contribution in [-0.4, -0.2) is 0 Å². The molecule has 4 rings (SSSR count). The van der Waals surface area contributed by atoms with E-state index in [9.17, 15) is 0 Å². The van der Waals surface area contributed by atoms with Crippen LogP contribution in [0, 0.1) is 23.7 Å². The summed E-state index contributed by atoms with van der Waals surface area (Å²) >= 11 is 0. The molecule has 0 aliphatic heterocycles. The van der Waals surface area contributed by atoms with Gasteiger partial charge in [0.05, 0.1) is 0 Å². The predicted octanol–water partition coefficient (Wildman–Crippen LogP) is 5.43. The second-order valence-electron chi connectivity index (χ2n) is 7.13. The van der Waals surface area contributed by atoms with Crippen molar-refractivity contribution in [3.8, 4) is 0 Å². The van der Waals surface area contributed by atoms with Crippen molar-refractivity contribution in [2.45, 2.75) is 58.3 Å². The van der Waals surface area contributed by atoms with Crippen molar-refractivity contribution in [3.05, 3.63) is 34.9 Å². The molecule has 0 aromatic rings. The summed E-state index contributed by atoms with van der Waals surface area (Å²) in [5.74, 6) is 3.82. The first kappa shape index (κ1) is 12.0. The van der Waals surface area contributed by atoms with E-state index in [2.05, 4.69) is 25.2 Å². The Morgan fingerprint density at radius 2 is 2.16 bits per heavy atom. The van der Waals surface area contributed by atoms with E-state index in [1.54, 1.807) is 16.7 Å². The van der Waals surface area contributed by atoms with Crippen LogP contribution in [-0.2, 0) is 0 Å². The van der Waals surface area contributed by atoms with Gasteiger partial charge in [-0.3, -0.25) is 0 Å². The zero-order valence-corrected chi connectivity index (χ0v) is 12.2. The van der Waals surface area contributed by atoms with Gasteiger partial charge in [-0.25, -0.2) is 0 Å². The van der Waals surface area contributed by atoms with E-state index in [1.165, 1.54) is 51.4 Å². The highest BCUT2D eigenvalue weighted by Crippen LogP contribution is 2.53. The molecule has 0 nitrogen and oxygen atoms in total. The zero-order chi connectivity index (χ0) is 12.8. The molecule has 0 aromatic carbocycles. The zero-order valence-electron chi connectivity index (χ0n) is 12.2. The molecule has 0 bridgehead atoms. The molecule has 19 heavy (non-hydrogen) atoms. The van der Waals surface area contributed by atoms with Crippen molar-refractivity contribution >= 4 is 0 Å². The maximum Gasteiger partial charge on any atom is -0.0122 e. The summed E-state index contributed by atoms with van der Waals surface area (Å²) in [6, 6.07) is 0. The molecule has 1 unspecified atom stereocenters. The highest BCUT2D eigenvalue weighted by Gasteiger charge is 2.42. The summed E-state index contributed by atoms with van der Waals surface area (Å²) in [6.45, 7) is 2.38. The molecule has 0 heteroatoms. The van der Waals surface area contributed by atoms with E-state index < -0.39 is 0 Å². The molecule has 0 aromatic heterocycles. The number of hydrogen-bond acceptors (Lipinski definition) is 0. The summed E-state index contributed by atoms with van der Waals surface area (Å²) in [6.07, 6.45) is 18.9. The Labute approximate surface area is 117 Å². The molecule has 4 atom stereocenters. The van der Waals surface area contributed by atoms with Crippen LogP contribution in [0.4, 0.5) is 0 Å². The number of fused-ring (bicyclic) bond motifs is 4. The minimum absolute atomic E-state index is 0.911. The predicted molar refractivity (Wildman–Crippen MR) is 80.8 cm³/mol. The van der Waals surface area contributed by atoms with Gasteiger partial charge in [-0.15, -0.1) is 0 Å². The van der Waals surface area contributed by atoms with Gasteiger partial charge in [0.2, 0.25) is 0 Å². The highest BCUT2D eigenvalue weighted by atomic mass is 14.5. The van der Waals surface area contributed by atoms with E-state index in [-0.39, 0.29) is 0 Å². The molecule has 102 valence electrons. The molecule has 0 N–H and O–H groups in total. The lowest BCUT2D eigenvalue weighted by Crippen LogP contribution is -2.27. The van der Waals surface area contributed by atoms with Crippen LogP contribution >= 0.6 is 0 Å². The summed E-state index contributed by atoms with van der Waals surface area (Å²) < 4.78 is 0. The fraction of sp³-hybridized carbons (Fsp3) is 0.684. The lowest BCUT2D eigenvalue weighted by atomic mass is 9.66. The van der Waals surface area contributed by atoms with Crippen LogP contribution in [0.15, 0.2) is 34.9 Å². The summed E-state index contributed by atoms with van der Waals surface area (Å²) in [4.78, 5) is 0. The first-order valence-electron chi connectivity index (χ1n) is 8.47. The fourth-order valence-electron chi connectivity index (χ4n) is 5.24. The second-order valence-corrected chi connectivity index (χ2v) is 7.13. The third-order valence-electron chi connectivity index (χ3n) is 6.26. The van der Waals surface area contributed by atoms with Crippen molar-refractivity contribution in [2.24, 2.45) is 23.7 Å². The standard InChI is InChI=1S/C19H26/c1-2-13-11-15-8-10-17-16-6-4-3-5-14(16)7-9-18(17)19(15)12-13/h5,8,10,13,15,18-19H,2-4,6-7,9,11-12H2,1H3/t13?,15-,18-,19-/m1/s1. The lowest BCUT2D eigenvalue weighted by molar-refractivity contribution is 0.297. The first-order chi connectivity index (χ1) is 9.36. The maximum atomic E-state index is 2.58. The Balaban J connectivity index is 1.71. The van der Waals surface area contributed by atoms with Gasteiger partial charge in [0.15, 0.2) is 0 Å². The van der Waals surface area contributed by atoms with Gasteiger partial charge in [-0.05, 0) is 85.3 Å². The molecule has 4 aliphatic carbocycles. The summed E-state index contributed by atoms with van der Waals surface area (Å²) in [7, 11) is 0. The topological polar surface area (TPSA) is 0 Å². The average molecular weight is 254 g/mol. The number of allylic oxidation sites excluding steroid dienone is 6. The molecule has 0 radical (unpaired) electrons. The first-order valence-corrected chi connectivity index (χ1v) is 8.47. The van der Waals surface area contributed by atoms with Gasteiger partial charge in [-0.2, -0.15) is 0 Å². The van der Waals surface area contributed by atoms with Crippen LogP contribution in [0.5, 0.6) is 0 Å². The highest BCUT2D eigenvalue weighted by molar-refractivity contribution is 5.47. The minimum Gasteiger partial charge on any atom is -0.0810 e. The quantitative estimate of drug-likeness (QED) is 0.585. The van der Waals surface area contributed by atoms with Crippen molar-refractivity contribution in [3.63, 3.8) is 0 Å². The normalized spacial score (nSPS) is 40.6. The van der Waals surface area contributed by atoms with Crippen LogP contribution in [0.25, 0.3) is 0 Å². The molecular weight excluding hydrogens is 228 g/mol. The van der Waals surface area contributed by atoms with Crippen LogP contribution in [0.3, 0.4) is 0 Å². The second kappa shape index (κ2) is 4.65.